The van der Waals surface area contributed by atoms with E-state index in [0.717, 1.165) is 26.0 Å². The van der Waals surface area contributed by atoms with Crippen molar-refractivity contribution in [2.75, 3.05) is 26.9 Å². The van der Waals surface area contributed by atoms with Crippen molar-refractivity contribution in [1.29, 1.82) is 0 Å². The molecule has 21 heavy (non-hydrogen) atoms. The Bertz CT molecular complexity index is 549. The van der Waals surface area contributed by atoms with E-state index in [2.05, 4.69) is 35.0 Å². The van der Waals surface area contributed by atoms with Crippen LogP contribution in [0.2, 0.25) is 0 Å². The first-order valence-electron chi connectivity index (χ1n) is 7.60. The Hall–Kier alpha value is -1.36. The van der Waals surface area contributed by atoms with Crippen molar-refractivity contribution in [3.8, 4) is 0 Å². The molecule has 4 heteroatoms. The van der Waals surface area contributed by atoms with Crippen molar-refractivity contribution >= 4 is 10.9 Å². The highest BCUT2D eigenvalue weighted by Gasteiger charge is 2.04. The Kier molecular flexibility index (Phi) is 6.23. The summed E-state index contributed by atoms with van der Waals surface area (Å²) in [5, 5.41) is 1.28. The van der Waals surface area contributed by atoms with Crippen LogP contribution in [0.1, 0.15) is 18.9 Å². The fourth-order valence-corrected chi connectivity index (χ4v) is 2.50. The molecule has 1 unspecified atom stereocenters. The lowest BCUT2D eigenvalue weighted by Crippen LogP contribution is -2.17. The number of methoxy groups -OCH3 is 1. The monoisotopic (exact) mass is 290 g/mol. The molecule has 2 rings (SSSR count). The van der Waals surface area contributed by atoms with Gasteiger partial charge in [0, 0.05) is 38.0 Å². The summed E-state index contributed by atoms with van der Waals surface area (Å²) in [6, 6.07) is 8.96. The standard InChI is InChI=1S/C17H26N2O2/c1-14(18)12-15-4-5-16-6-8-19(17(16)13-15)7-3-9-21-11-10-20-2/h4-6,8,13-14H,3,7,9-12,18H2,1-2H3. The second-order valence-electron chi connectivity index (χ2n) is 5.54. The number of rotatable bonds is 9. The molecule has 0 aliphatic heterocycles. The predicted molar refractivity (Wildman–Crippen MR) is 86.6 cm³/mol. The van der Waals surface area contributed by atoms with Crippen LogP contribution in [-0.2, 0) is 22.4 Å². The van der Waals surface area contributed by atoms with Crippen LogP contribution in [0.5, 0.6) is 0 Å². The topological polar surface area (TPSA) is 49.4 Å². The Morgan fingerprint density at radius 3 is 2.81 bits per heavy atom. The van der Waals surface area contributed by atoms with Gasteiger partial charge in [0.1, 0.15) is 0 Å². The smallest absolute Gasteiger partial charge is 0.0700 e. The second kappa shape index (κ2) is 8.17. The summed E-state index contributed by atoms with van der Waals surface area (Å²) in [6.45, 7) is 5.11. The summed E-state index contributed by atoms with van der Waals surface area (Å²) in [5.74, 6) is 0. The number of benzene rings is 1. The van der Waals surface area contributed by atoms with Crippen LogP contribution in [-0.4, -0.2) is 37.5 Å². The minimum absolute atomic E-state index is 0.194. The molecular weight excluding hydrogens is 264 g/mol. The van der Waals surface area contributed by atoms with Gasteiger partial charge in [0.2, 0.25) is 0 Å². The highest BCUT2D eigenvalue weighted by atomic mass is 16.5. The number of ether oxygens (including phenoxy) is 2. The number of nitrogens with zero attached hydrogens (tertiary/aromatic N) is 1. The van der Waals surface area contributed by atoms with Crippen LogP contribution >= 0.6 is 0 Å². The van der Waals surface area contributed by atoms with Crippen molar-refractivity contribution < 1.29 is 9.47 Å². The van der Waals surface area contributed by atoms with Crippen LogP contribution in [0.3, 0.4) is 0 Å². The molecule has 2 N–H and O–H groups in total. The van der Waals surface area contributed by atoms with Gasteiger partial charge < -0.3 is 19.8 Å². The third-order valence-corrected chi connectivity index (χ3v) is 3.52. The molecule has 0 fully saturated rings. The molecule has 0 saturated heterocycles. The molecule has 0 radical (unpaired) electrons. The van der Waals surface area contributed by atoms with E-state index in [1.54, 1.807) is 7.11 Å². The fraction of sp³-hybridized carbons (Fsp3) is 0.529. The zero-order chi connectivity index (χ0) is 15.1. The summed E-state index contributed by atoms with van der Waals surface area (Å²) in [7, 11) is 1.69. The van der Waals surface area contributed by atoms with Crippen LogP contribution in [0.25, 0.3) is 10.9 Å². The first-order chi connectivity index (χ1) is 10.2. The molecule has 1 aromatic carbocycles. The van der Waals surface area contributed by atoms with Crippen molar-refractivity contribution in [2.24, 2.45) is 5.73 Å². The van der Waals surface area contributed by atoms with Crippen molar-refractivity contribution in [1.82, 2.24) is 4.57 Å². The maximum atomic E-state index is 5.89. The summed E-state index contributed by atoms with van der Waals surface area (Å²) in [5.41, 5.74) is 8.47. The van der Waals surface area contributed by atoms with E-state index in [1.165, 1.54) is 16.5 Å². The molecule has 4 nitrogen and oxygen atoms in total. The molecule has 0 saturated carbocycles. The van der Waals surface area contributed by atoms with Gasteiger partial charge in [-0.25, -0.2) is 0 Å². The van der Waals surface area contributed by atoms with Gasteiger partial charge in [-0.3, -0.25) is 0 Å². The van der Waals surface area contributed by atoms with Crippen LogP contribution in [0.4, 0.5) is 0 Å². The zero-order valence-corrected chi connectivity index (χ0v) is 13.0. The highest BCUT2D eigenvalue weighted by molar-refractivity contribution is 5.80. The molecular formula is C17H26N2O2. The SMILES string of the molecule is COCCOCCCn1ccc2ccc(CC(C)N)cc21. The maximum Gasteiger partial charge on any atom is 0.0700 e. The molecule has 0 bridgehead atoms. The summed E-state index contributed by atoms with van der Waals surface area (Å²) in [6.07, 6.45) is 4.07. The third-order valence-electron chi connectivity index (χ3n) is 3.52. The van der Waals surface area contributed by atoms with Crippen LogP contribution in [0, 0.1) is 0 Å². The van der Waals surface area contributed by atoms with Crippen molar-refractivity contribution in [3.05, 3.63) is 36.0 Å². The molecule has 0 spiro atoms. The lowest BCUT2D eigenvalue weighted by atomic mass is 10.1. The Morgan fingerprint density at radius 1 is 1.19 bits per heavy atom. The van der Waals surface area contributed by atoms with Gasteiger partial charge in [-0.05, 0) is 42.8 Å². The normalized spacial score (nSPS) is 12.9. The quantitative estimate of drug-likeness (QED) is 0.722. The van der Waals surface area contributed by atoms with Gasteiger partial charge in [0.25, 0.3) is 0 Å². The molecule has 0 aliphatic carbocycles. The van der Waals surface area contributed by atoms with Crippen LogP contribution in [0.15, 0.2) is 30.5 Å². The van der Waals surface area contributed by atoms with Gasteiger partial charge >= 0.3 is 0 Å². The molecule has 2 aromatic rings. The number of hydrogen-bond donors (Lipinski definition) is 1. The van der Waals surface area contributed by atoms with Gasteiger partial charge in [-0.15, -0.1) is 0 Å². The van der Waals surface area contributed by atoms with E-state index in [1.807, 2.05) is 6.92 Å². The Morgan fingerprint density at radius 2 is 2.05 bits per heavy atom. The molecule has 1 atom stereocenters. The summed E-state index contributed by atoms with van der Waals surface area (Å²) in [4.78, 5) is 0. The number of hydrogen-bond acceptors (Lipinski definition) is 3. The molecule has 1 aromatic heterocycles. The largest absolute Gasteiger partial charge is 0.382 e. The maximum absolute atomic E-state index is 5.89. The van der Waals surface area contributed by atoms with E-state index in [9.17, 15) is 0 Å². The fourth-order valence-electron chi connectivity index (χ4n) is 2.50. The van der Waals surface area contributed by atoms with Gasteiger partial charge in [0.15, 0.2) is 0 Å². The second-order valence-corrected chi connectivity index (χ2v) is 5.54. The average Bonchev–Trinajstić information content (AvgIpc) is 2.85. The van der Waals surface area contributed by atoms with E-state index in [-0.39, 0.29) is 6.04 Å². The first kappa shape index (κ1) is 16.0. The summed E-state index contributed by atoms with van der Waals surface area (Å²) >= 11 is 0. The lowest BCUT2D eigenvalue weighted by Gasteiger charge is -2.09. The Balaban J connectivity index is 1.93. The minimum atomic E-state index is 0.194. The number of nitrogens with two attached hydrogens (primary N) is 1. The van der Waals surface area contributed by atoms with Crippen molar-refractivity contribution in [3.63, 3.8) is 0 Å². The summed E-state index contributed by atoms with van der Waals surface area (Å²) < 4.78 is 12.8. The Labute approximate surface area is 126 Å². The molecule has 0 aliphatic rings. The van der Waals surface area contributed by atoms with E-state index in [0.29, 0.717) is 13.2 Å². The lowest BCUT2D eigenvalue weighted by molar-refractivity contribution is 0.0681. The average molecular weight is 290 g/mol. The van der Waals surface area contributed by atoms with E-state index < -0.39 is 0 Å². The van der Waals surface area contributed by atoms with Gasteiger partial charge in [-0.2, -0.15) is 0 Å². The van der Waals surface area contributed by atoms with Crippen molar-refractivity contribution in [2.45, 2.75) is 32.4 Å². The number of aryl methyl sites for hydroxylation is 1. The van der Waals surface area contributed by atoms with E-state index >= 15 is 0 Å². The van der Waals surface area contributed by atoms with E-state index in [4.69, 9.17) is 15.2 Å². The minimum Gasteiger partial charge on any atom is -0.382 e. The molecule has 0 amide bonds. The predicted octanol–water partition coefficient (Wildman–Crippen LogP) is 2.58. The third kappa shape index (κ3) is 4.84. The first-order valence-corrected chi connectivity index (χ1v) is 7.60. The zero-order valence-electron chi connectivity index (χ0n) is 13.0. The van der Waals surface area contributed by atoms with Gasteiger partial charge in [-0.1, -0.05) is 12.1 Å². The van der Waals surface area contributed by atoms with Crippen LogP contribution < -0.4 is 5.73 Å². The van der Waals surface area contributed by atoms with Gasteiger partial charge in [0.05, 0.1) is 13.2 Å². The molecule has 116 valence electrons. The number of aromatic nitrogens is 1. The number of fused-ring (bicyclic) bond motifs is 1. The molecule has 1 heterocycles. The highest BCUT2D eigenvalue weighted by Crippen LogP contribution is 2.19.